The fraction of sp³-hybridized carbons (Fsp3) is 0.143. The second kappa shape index (κ2) is 4.27. The van der Waals surface area contributed by atoms with Gasteiger partial charge < -0.3 is 4.74 Å². The average Bonchev–Trinajstić information content (AvgIpc) is 1.99. The van der Waals surface area contributed by atoms with Gasteiger partial charge in [0, 0.05) is 6.08 Å². The standard InChI is InChI=1S/C7H9NO3/c1-4-6(8(9)10)7(5-2)11-3/h4-5H,1-2H2,3H3/b7-6-. The highest BCUT2D eigenvalue weighted by Crippen LogP contribution is 2.07. The largest absolute Gasteiger partial charge is 0.490 e. The lowest BCUT2D eigenvalue weighted by molar-refractivity contribution is -0.421. The lowest BCUT2D eigenvalue weighted by atomic mass is 10.3. The van der Waals surface area contributed by atoms with Gasteiger partial charge in [-0.25, -0.2) is 0 Å². The first kappa shape index (κ1) is 9.42. The zero-order valence-corrected chi connectivity index (χ0v) is 6.24. The van der Waals surface area contributed by atoms with E-state index in [0.717, 1.165) is 6.08 Å². The number of rotatable bonds is 4. The highest BCUT2D eigenvalue weighted by atomic mass is 16.6. The molecule has 0 aromatic carbocycles. The van der Waals surface area contributed by atoms with E-state index in [1.165, 1.54) is 13.2 Å². The van der Waals surface area contributed by atoms with Crippen LogP contribution in [0.25, 0.3) is 0 Å². The van der Waals surface area contributed by atoms with Crippen molar-refractivity contribution in [1.29, 1.82) is 0 Å². The van der Waals surface area contributed by atoms with Gasteiger partial charge in [0.2, 0.25) is 0 Å². The number of methoxy groups -OCH3 is 1. The van der Waals surface area contributed by atoms with Crippen molar-refractivity contribution in [2.45, 2.75) is 0 Å². The summed E-state index contributed by atoms with van der Waals surface area (Å²) in [6, 6.07) is 0. The smallest absolute Gasteiger partial charge is 0.310 e. The highest BCUT2D eigenvalue weighted by Gasteiger charge is 2.11. The number of hydrogen-bond donors (Lipinski definition) is 0. The first-order valence-corrected chi connectivity index (χ1v) is 2.84. The fourth-order valence-electron chi connectivity index (χ4n) is 0.558. The fourth-order valence-corrected chi connectivity index (χ4v) is 0.558. The summed E-state index contributed by atoms with van der Waals surface area (Å²) in [6.45, 7) is 6.62. The predicted octanol–water partition coefficient (Wildman–Crippen LogP) is 1.49. The van der Waals surface area contributed by atoms with Crippen molar-refractivity contribution in [3.05, 3.63) is 46.9 Å². The Morgan fingerprint density at radius 1 is 1.55 bits per heavy atom. The summed E-state index contributed by atoms with van der Waals surface area (Å²) >= 11 is 0. The van der Waals surface area contributed by atoms with Gasteiger partial charge >= 0.3 is 5.70 Å². The van der Waals surface area contributed by atoms with E-state index in [1.807, 2.05) is 0 Å². The van der Waals surface area contributed by atoms with Crippen LogP contribution in [0.1, 0.15) is 0 Å². The lowest BCUT2D eigenvalue weighted by Crippen LogP contribution is -2.00. The molecule has 0 heterocycles. The third kappa shape index (κ3) is 2.25. The van der Waals surface area contributed by atoms with Crippen molar-refractivity contribution >= 4 is 0 Å². The molecule has 0 unspecified atom stereocenters. The normalized spacial score (nSPS) is 11.4. The monoisotopic (exact) mass is 155 g/mol. The molecule has 0 amide bonds. The Bertz CT molecular complexity index is 218. The lowest BCUT2D eigenvalue weighted by Gasteiger charge is -1.98. The zero-order valence-electron chi connectivity index (χ0n) is 6.24. The molecule has 11 heavy (non-hydrogen) atoms. The number of hydrogen-bond acceptors (Lipinski definition) is 3. The van der Waals surface area contributed by atoms with E-state index in [4.69, 9.17) is 0 Å². The molecule has 0 aromatic rings. The van der Waals surface area contributed by atoms with Gasteiger partial charge in [-0.15, -0.1) is 0 Å². The van der Waals surface area contributed by atoms with Crippen LogP contribution in [0.3, 0.4) is 0 Å². The minimum Gasteiger partial charge on any atom is -0.490 e. The molecule has 0 aliphatic rings. The molecule has 0 radical (unpaired) electrons. The van der Waals surface area contributed by atoms with E-state index in [1.54, 1.807) is 0 Å². The van der Waals surface area contributed by atoms with Gasteiger partial charge in [0.05, 0.1) is 12.0 Å². The maximum absolute atomic E-state index is 10.2. The summed E-state index contributed by atoms with van der Waals surface area (Å²) in [4.78, 5) is 9.66. The molecular weight excluding hydrogens is 146 g/mol. The van der Waals surface area contributed by atoms with Gasteiger partial charge in [-0.2, -0.15) is 0 Å². The molecule has 0 fully saturated rings. The van der Waals surface area contributed by atoms with Gasteiger partial charge in [0.25, 0.3) is 0 Å². The van der Waals surface area contributed by atoms with Crippen molar-refractivity contribution in [2.24, 2.45) is 0 Å². The summed E-state index contributed by atoms with van der Waals surface area (Å²) in [5, 5.41) is 10.2. The molecule has 0 bridgehead atoms. The molecule has 0 aromatic heterocycles. The Balaban J connectivity index is 4.92. The molecule has 0 saturated carbocycles. The van der Waals surface area contributed by atoms with Gasteiger partial charge in [-0.3, -0.25) is 10.1 Å². The van der Waals surface area contributed by atoms with Crippen molar-refractivity contribution in [3.8, 4) is 0 Å². The molecule has 0 spiro atoms. The first-order chi connectivity index (χ1) is 5.17. The minimum atomic E-state index is -0.576. The van der Waals surface area contributed by atoms with Gasteiger partial charge in [-0.1, -0.05) is 13.2 Å². The summed E-state index contributed by atoms with van der Waals surface area (Å²) in [5.74, 6) is 0.116. The zero-order chi connectivity index (χ0) is 8.85. The summed E-state index contributed by atoms with van der Waals surface area (Å²) in [6.07, 6.45) is 2.38. The second-order valence-electron chi connectivity index (χ2n) is 1.62. The third-order valence-corrected chi connectivity index (χ3v) is 1.05. The quantitative estimate of drug-likeness (QED) is 0.267. The van der Waals surface area contributed by atoms with Crippen LogP contribution >= 0.6 is 0 Å². The molecule has 0 N–H and O–H groups in total. The SMILES string of the molecule is C=C/C(OC)=C(\C=C)[N+](=O)[O-]. The average molecular weight is 155 g/mol. The first-order valence-electron chi connectivity index (χ1n) is 2.84. The van der Waals surface area contributed by atoms with Crippen LogP contribution in [-0.4, -0.2) is 12.0 Å². The van der Waals surface area contributed by atoms with Crippen LogP contribution in [-0.2, 0) is 4.74 Å². The van der Waals surface area contributed by atoms with Crippen molar-refractivity contribution in [3.63, 3.8) is 0 Å². The molecule has 60 valence electrons. The van der Waals surface area contributed by atoms with Crippen LogP contribution in [0, 0.1) is 10.1 Å². The van der Waals surface area contributed by atoms with E-state index in [9.17, 15) is 10.1 Å². The summed E-state index contributed by atoms with van der Waals surface area (Å²) in [5.41, 5.74) is -0.178. The van der Waals surface area contributed by atoms with Crippen molar-refractivity contribution in [1.82, 2.24) is 0 Å². The van der Waals surface area contributed by atoms with E-state index < -0.39 is 4.92 Å². The second-order valence-corrected chi connectivity index (χ2v) is 1.62. The minimum absolute atomic E-state index is 0.116. The number of allylic oxidation sites excluding steroid dienone is 2. The maximum atomic E-state index is 10.2. The molecule has 0 aliphatic heterocycles. The summed E-state index contributed by atoms with van der Waals surface area (Å²) in [7, 11) is 1.34. The Morgan fingerprint density at radius 3 is 2.18 bits per heavy atom. The molecular formula is C7H9NO3. The van der Waals surface area contributed by atoms with Crippen LogP contribution in [0.5, 0.6) is 0 Å². The number of nitrogens with zero attached hydrogens (tertiary/aromatic N) is 1. The van der Waals surface area contributed by atoms with Gasteiger partial charge in [-0.05, 0) is 6.08 Å². The molecule has 0 rings (SSSR count). The van der Waals surface area contributed by atoms with Crippen molar-refractivity contribution in [2.75, 3.05) is 7.11 Å². The van der Waals surface area contributed by atoms with E-state index in [-0.39, 0.29) is 11.5 Å². The van der Waals surface area contributed by atoms with Gasteiger partial charge in [0.1, 0.15) is 0 Å². The van der Waals surface area contributed by atoms with Crippen LogP contribution in [0.2, 0.25) is 0 Å². The van der Waals surface area contributed by atoms with Crippen LogP contribution in [0.15, 0.2) is 36.8 Å². The molecule has 0 saturated heterocycles. The van der Waals surface area contributed by atoms with E-state index in [0.29, 0.717) is 0 Å². The molecule has 4 nitrogen and oxygen atoms in total. The van der Waals surface area contributed by atoms with E-state index in [2.05, 4.69) is 17.9 Å². The Kier molecular flexibility index (Phi) is 3.66. The molecule has 0 atom stereocenters. The van der Waals surface area contributed by atoms with E-state index >= 15 is 0 Å². The van der Waals surface area contributed by atoms with Crippen LogP contribution < -0.4 is 0 Å². The van der Waals surface area contributed by atoms with Gasteiger partial charge in [0.15, 0.2) is 5.76 Å². The predicted molar refractivity (Wildman–Crippen MR) is 41.4 cm³/mol. The Labute approximate surface area is 64.6 Å². The maximum Gasteiger partial charge on any atom is 0.310 e. The number of ether oxygens (including phenoxy) is 1. The van der Waals surface area contributed by atoms with Crippen LogP contribution in [0.4, 0.5) is 0 Å². The summed E-state index contributed by atoms with van der Waals surface area (Å²) < 4.78 is 4.66. The Morgan fingerprint density at radius 2 is 2.09 bits per heavy atom. The topological polar surface area (TPSA) is 52.4 Å². The molecule has 4 heteroatoms. The highest BCUT2D eigenvalue weighted by molar-refractivity contribution is 5.20. The molecule has 0 aliphatic carbocycles. The third-order valence-electron chi connectivity index (χ3n) is 1.05. The Hall–Kier alpha value is -1.58. The number of nitro groups is 1. The van der Waals surface area contributed by atoms with Crippen molar-refractivity contribution < 1.29 is 9.66 Å².